The fraction of sp³-hybridized carbons (Fsp3) is 0.375. The molecule has 1 aromatic carbocycles. The third kappa shape index (κ3) is 4.46. The van der Waals surface area contributed by atoms with Crippen LogP contribution in [0, 0.1) is 11.8 Å². The molecule has 1 aliphatic heterocycles. The van der Waals surface area contributed by atoms with Crippen LogP contribution in [0.5, 0.6) is 0 Å². The minimum atomic E-state index is -4.50. The normalized spacial score (nSPS) is 21.6. The topological polar surface area (TPSA) is 53.9 Å². The van der Waals surface area contributed by atoms with Gasteiger partial charge in [0.15, 0.2) is 5.82 Å². The van der Waals surface area contributed by atoms with Crippen LogP contribution in [-0.2, 0) is 12.7 Å². The van der Waals surface area contributed by atoms with Gasteiger partial charge in [-0.25, -0.2) is 0 Å². The number of fused-ring (bicyclic) bond motifs is 1. The Bertz CT molecular complexity index is 1040. The van der Waals surface area contributed by atoms with E-state index in [-0.39, 0.29) is 17.6 Å². The number of hydrogen-bond acceptors (Lipinski definition) is 5. The Balaban J connectivity index is 1.26. The summed E-state index contributed by atoms with van der Waals surface area (Å²) in [5.74, 6) is 0.775. The molecule has 0 spiro atoms. The lowest BCUT2D eigenvalue weighted by Crippen LogP contribution is -2.26. The highest BCUT2D eigenvalue weighted by molar-refractivity contribution is 5.62. The lowest BCUT2D eigenvalue weighted by molar-refractivity contribution is -0.137. The molecule has 2 aliphatic rings. The highest BCUT2D eigenvalue weighted by Gasteiger charge is 2.42. The van der Waals surface area contributed by atoms with E-state index < -0.39 is 11.7 Å². The van der Waals surface area contributed by atoms with E-state index in [1.807, 2.05) is 24.3 Å². The van der Waals surface area contributed by atoms with Crippen LogP contribution in [0.3, 0.4) is 0 Å². The standard InChI is InChI=1S/C24H24F3N5/c25-24(26,27)21-12-22(16-6-2-1-3-7-16)30-31-23(21)29-20-10-17-13-32(14-18(17)11-20)15-19-8-4-5-9-28-19/h1-9,12,17-18,20H,10-11,13-15H2,(H,29,31)/t17-,18-/m1/s1. The minimum Gasteiger partial charge on any atom is -0.365 e. The number of anilines is 1. The molecule has 1 N–H and O–H groups in total. The number of nitrogens with zero attached hydrogens (tertiary/aromatic N) is 4. The molecule has 0 bridgehead atoms. The lowest BCUT2D eigenvalue weighted by Gasteiger charge is -2.21. The number of alkyl halides is 3. The van der Waals surface area contributed by atoms with Crippen molar-refractivity contribution in [3.8, 4) is 11.3 Å². The van der Waals surface area contributed by atoms with Gasteiger partial charge < -0.3 is 5.32 Å². The Labute approximate surface area is 184 Å². The molecule has 1 saturated heterocycles. The van der Waals surface area contributed by atoms with Gasteiger partial charge in [0.2, 0.25) is 0 Å². The summed E-state index contributed by atoms with van der Waals surface area (Å²) in [6.45, 7) is 2.71. The van der Waals surface area contributed by atoms with Gasteiger partial charge >= 0.3 is 6.18 Å². The van der Waals surface area contributed by atoms with Crippen LogP contribution in [0.25, 0.3) is 11.3 Å². The van der Waals surface area contributed by atoms with Gasteiger partial charge in [-0.15, -0.1) is 10.2 Å². The summed E-state index contributed by atoms with van der Waals surface area (Å²) in [4.78, 5) is 6.79. The smallest absolute Gasteiger partial charge is 0.365 e. The Morgan fingerprint density at radius 2 is 1.66 bits per heavy atom. The number of nitrogens with one attached hydrogen (secondary N) is 1. The number of rotatable bonds is 5. The van der Waals surface area contributed by atoms with Crippen molar-refractivity contribution in [2.45, 2.75) is 31.6 Å². The first-order valence-electron chi connectivity index (χ1n) is 10.8. The van der Waals surface area contributed by atoms with Gasteiger partial charge in [0.05, 0.1) is 11.4 Å². The van der Waals surface area contributed by atoms with Crippen LogP contribution in [0.1, 0.15) is 24.1 Å². The average molecular weight is 439 g/mol. The molecule has 32 heavy (non-hydrogen) atoms. The number of benzene rings is 1. The van der Waals surface area contributed by atoms with Crippen LogP contribution in [0.4, 0.5) is 19.0 Å². The van der Waals surface area contributed by atoms with E-state index in [0.717, 1.165) is 44.2 Å². The molecular weight excluding hydrogens is 415 g/mol. The molecule has 2 fully saturated rings. The molecule has 2 aromatic heterocycles. The summed E-state index contributed by atoms with van der Waals surface area (Å²) in [6, 6.07) is 15.8. The fourth-order valence-corrected chi connectivity index (χ4v) is 5.02. The summed E-state index contributed by atoms with van der Waals surface area (Å²) in [5.41, 5.74) is 1.11. The highest BCUT2D eigenvalue weighted by Crippen LogP contribution is 2.41. The highest BCUT2D eigenvalue weighted by atomic mass is 19.4. The Hall–Kier alpha value is -3.00. The SMILES string of the molecule is FC(F)(F)c1cc(-c2ccccc2)nnc1NC1C[C@@H]2CN(Cc3ccccn3)C[C@H]2C1. The zero-order valence-corrected chi connectivity index (χ0v) is 17.5. The Kier molecular flexibility index (Phi) is 5.55. The first-order chi connectivity index (χ1) is 15.5. The third-order valence-corrected chi connectivity index (χ3v) is 6.45. The summed E-state index contributed by atoms with van der Waals surface area (Å²) < 4.78 is 41.4. The number of likely N-dealkylation sites (tertiary alicyclic amines) is 1. The van der Waals surface area contributed by atoms with E-state index in [9.17, 15) is 13.2 Å². The molecule has 166 valence electrons. The summed E-state index contributed by atoms with van der Waals surface area (Å²) in [7, 11) is 0. The maximum Gasteiger partial charge on any atom is 0.420 e. The van der Waals surface area contributed by atoms with Gasteiger partial charge in [-0.3, -0.25) is 9.88 Å². The Morgan fingerprint density at radius 3 is 2.31 bits per heavy atom. The molecule has 2 atom stereocenters. The molecule has 0 amide bonds. The first-order valence-corrected chi connectivity index (χ1v) is 10.8. The maximum absolute atomic E-state index is 13.8. The van der Waals surface area contributed by atoms with Crippen LogP contribution in [0.15, 0.2) is 60.8 Å². The quantitative estimate of drug-likeness (QED) is 0.614. The second-order valence-electron chi connectivity index (χ2n) is 8.70. The van der Waals surface area contributed by atoms with Gasteiger partial charge in [-0.1, -0.05) is 36.4 Å². The van der Waals surface area contributed by atoms with Crippen molar-refractivity contribution in [3.05, 3.63) is 72.1 Å². The second-order valence-corrected chi connectivity index (χ2v) is 8.70. The van der Waals surface area contributed by atoms with Crippen molar-refractivity contribution in [2.24, 2.45) is 11.8 Å². The van der Waals surface area contributed by atoms with Gasteiger partial charge in [0.1, 0.15) is 5.56 Å². The maximum atomic E-state index is 13.8. The van der Waals surface area contributed by atoms with Gasteiger partial charge in [0.25, 0.3) is 0 Å². The van der Waals surface area contributed by atoms with Gasteiger partial charge in [0, 0.05) is 37.4 Å². The van der Waals surface area contributed by atoms with Crippen molar-refractivity contribution in [1.82, 2.24) is 20.1 Å². The van der Waals surface area contributed by atoms with Gasteiger partial charge in [-0.2, -0.15) is 13.2 Å². The van der Waals surface area contributed by atoms with Crippen molar-refractivity contribution in [1.29, 1.82) is 0 Å². The van der Waals surface area contributed by atoms with Crippen LogP contribution in [0.2, 0.25) is 0 Å². The van der Waals surface area contributed by atoms with Crippen molar-refractivity contribution < 1.29 is 13.2 Å². The van der Waals surface area contributed by atoms with Crippen molar-refractivity contribution in [2.75, 3.05) is 18.4 Å². The van der Waals surface area contributed by atoms with E-state index in [1.165, 1.54) is 0 Å². The van der Waals surface area contributed by atoms with Crippen LogP contribution < -0.4 is 5.32 Å². The largest absolute Gasteiger partial charge is 0.420 e. The molecular formula is C24H24F3N5. The predicted octanol–water partition coefficient (Wildman–Crippen LogP) is 4.88. The van der Waals surface area contributed by atoms with Gasteiger partial charge in [-0.05, 0) is 42.9 Å². The second kappa shape index (κ2) is 8.50. The van der Waals surface area contributed by atoms with E-state index >= 15 is 0 Å². The average Bonchev–Trinajstić information content (AvgIpc) is 3.32. The Morgan fingerprint density at radius 1 is 0.938 bits per heavy atom. The first kappa shape index (κ1) is 20.9. The molecule has 8 heteroatoms. The molecule has 0 unspecified atom stereocenters. The monoisotopic (exact) mass is 439 g/mol. The molecule has 0 radical (unpaired) electrons. The number of halogens is 3. The summed E-state index contributed by atoms with van der Waals surface area (Å²) in [5, 5.41) is 11.1. The molecule has 5 rings (SSSR count). The van der Waals surface area contributed by atoms with Crippen LogP contribution in [-0.4, -0.2) is 39.2 Å². The minimum absolute atomic E-state index is 0.0278. The zero-order valence-electron chi connectivity index (χ0n) is 17.5. The van der Waals surface area contributed by atoms with Crippen LogP contribution >= 0.6 is 0 Å². The van der Waals surface area contributed by atoms with Crippen molar-refractivity contribution in [3.63, 3.8) is 0 Å². The molecule has 1 aliphatic carbocycles. The fourth-order valence-electron chi connectivity index (χ4n) is 5.02. The number of hydrogen-bond donors (Lipinski definition) is 1. The lowest BCUT2D eigenvalue weighted by atomic mass is 10.0. The van der Waals surface area contributed by atoms with E-state index in [0.29, 0.717) is 17.4 Å². The molecule has 5 nitrogen and oxygen atoms in total. The van der Waals surface area contributed by atoms with E-state index in [1.54, 1.807) is 30.5 Å². The molecule has 1 saturated carbocycles. The predicted molar refractivity (Wildman–Crippen MR) is 116 cm³/mol. The van der Waals surface area contributed by atoms with Crippen molar-refractivity contribution >= 4 is 5.82 Å². The molecule has 3 heterocycles. The molecule has 3 aromatic rings. The van der Waals surface area contributed by atoms with E-state index in [4.69, 9.17) is 0 Å². The summed E-state index contributed by atoms with van der Waals surface area (Å²) in [6.07, 6.45) is -1.03. The third-order valence-electron chi connectivity index (χ3n) is 6.45. The number of aromatic nitrogens is 3. The number of pyridine rings is 1. The summed E-state index contributed by atoms with van der Waals surface area (Å²) >= 11 is 0. The van der Waals surface area contributed by atoms with E-state index in [2.05, 4.69) is 25.4 Å². The zero-order chi connectivity index (χ0) is 22.1.